The van der Waals surface area contributed by atoms with Crippen molar-refractivity contribution in [3.63, 3.8) is 0 Å². The fourth-order valence-corrected chi connectivity index (χ4v) is 6.02. The van der Waals surface area contributed by atoms with Gasteiger partial charge in [-0.15, -0.1) is 0 Å². The number of pyridine rings is 1. The van der Waals surface area contributed by atoms with E-state index in [1.54, 1.807) is 6.07 Å². The number of rotatable bonds is 6. The van der Waals surface area contributed by atoms with Gasteiger partial charge in [0.1, 0.15) is 0 Å². The van der Waals surface area contributed by atoms with Crippen LogP contribution in [0, 0.1) is 20.8 Å². The molecule has 1 aromatic heterocycles. The Balaban J connectivity index is 1.52. The van der Waals surface area contributed by atoms with Crippen molar-refractivity contribution in [3.05, 3.63) is 61.5 Å². The first kappa shape index (κ1) is 25.3. The number of aromatic nitrogens is 1. The maximum absolute atomic E-state index is 13.2. The number of anilines is 1. The van der Waals surface area contributed by atoms with Crippen LogP contribution in [0.5, 0.6) is 0 Å². The standard InChI is InChI=1S/C27H35ClN4O3/c1-5-32(20-6-9-27(10-7-20)11-8-24(33)31-27)23-14-19(28)13-21(18(23)4)25(34)29-15-22-16(2)12-17(3)30-26(22)35/h12-14,20H,5-11,15H2,1-4H3,(H,29,34)(H,30,35)(H,31,33). The molecule has 1 saturated heterocycles. The SMILES string of the molecule is CCN(c1cc(Cl)cc(C(=O)NCc2c(C)cc(C)[nH]c2=O)c1C)C1CCC2(CCC(=O)N2)CC1. The van der Waals surface area contributed by atoms with Gasteiger partial charge in [-0.3, -0.25) is 14.4 Å². The van der Waals surface area contributed by atoms with Crippen molar-refractivity contribution in [1.29, 1.82) is 0 Å². The molecule has 4 rings (SSSR count). The second kappa shape index (κ2) is 10.1. The Labute approximate surface area is 211 Å². The van der Waals surface area contributed by atoms with Crippen LogP contribution in [-0.4, -0.2) is 34.9 Å². The molecular weight excluding hydrogens is 464 g/mol. The third-order valence-corrected chi connectivity index (χ3v) is 7.97. The summed E-state index contributed by atoms with van der Waals surface area (Å²) < 4.78 is 0. The lowest BCUT2D eigenvalue weighted by molar-refractivity contribution is -0.120. The number of carbonyl (C=O) groups excluding carboxylic acids is 2. The smallest absolute Gasteiger partial charge is 0.253 e. The van der Waals surface area contributed by atoms with E-state index < -0.39 is 0 Å². The van der Waals surface area contributed by atoms with E-state index >= 15 is 0 Å². The summed E-state index contributed by atoms with van der Waals surface area (Å²) in [6.45, 7) is 8.72. The zero-order valence-electron chi connectivity index (χ0n) is 21.0. The molecule has 1 aliphatic carbocycles. The van der Waals surface area contributed by atoms with Crippen LogP contribution in [0.4, 0.5) is 5.69 Å². The Hall–Kier alpha value is -2.80. The molecule has 1 spiro atoms. The fourth-order valence-electron chi connectivity index (χ4n) is 5.80. The predicted molar refractivity (Wildman–Crippen MR) is 139 cm³/mol. The number of amides is 2. The minimum Gasteiger partial charge on any atom is -0.369 e. The number of H-pyrrole nitrogens is 1. The van der Waals surface area contributed by atoms with Gasteiger partial charge in [0.2, 0.25) is 5.91 Å². The van der Waals surface area contributed by atoms with Gasteiger partial charge in [-0.2, -0.15) is 0 Å². The van der Waals surface area contributed by atoms with Gasteiger partial charge >= 0.3 is 0 Å². The summed E-state index contributed by atoms with van der Waals surface area (Å²) in [5, 5.41) is 6.63. The van der Waals surface area contributed by atoms with Crippen molar-refractivity contribution in [1.82, 2.24) is 15.6 Å². The number of nitrogens with zero attached hydrogens (tertiary/aromatic N) is 1. The number of hydrogen-bond donors (Lipinski definition) is 3. The highest BCUT2D eigenvalue weighted by molar-refractivity contribution is 6.31. The molecule has 1 aromatic carbocycles. The number of aryl methyl sites for hydroxylation is 2. The van der Waals surface area contributed by atoms with Gasteiger partial charge in [0.25, 0.3) is 11.5 Å². The molecule has 8 heteroatoms. The molecule has 2 fully saturated rings. The van der Waals surface area contributed by atoms with Crippen LogP contribution in [0.2, 0.25) is 5.02 Å². The second-order valence-corrected chi connectivity index (χ2v) is 10.5. The second-order valence-electron chi connectivity index (χ2n) is 10.1. The number of hydrogen-bond acceptors (Lipinski definition) is 4. The lowest BCUT2D eigenvalue weighted by Crippen LogP contribution is -2.49. The highest BCUT2D eigenvalue weighted by Gasteiger charge is 2.41. The summed E-state index contributed by atoms with van der Waals surface area (Å²) >= 11 is 6.50. The van der Waals surface area contributed by atoms with E-state index in [9.17, 15) is 14.4 Å². The van der Waals surface area contributed by atoms with E-state index in [4.69, 9.17) is 11.6 Å². The first-order chi connectivity index (χ1) is 16.6. The lowest BCUT2D eigenvalue weighted by atomic mass is 9.78. The van der Waals surface area contributed by atoms with Crippen molar-refractivity contribution >= 4 is 29.1 Å². The van der Waals surface area contributed by atoms with Gasteiger partial charge in [-0.1, -0.05) is 11.6 Å². The number of aromatic amines is 1. The third kappa shape index (κ3) is 5.25. The molecule has 188 valence electrons. The number of halogens is 1. The highest BCUT2D eigenvalue weighted by atomic mass is 35.5. The molecule has 1 aliphatic heterocycles. The Morgan fingerprint density at radius 1 is 1.14 bits per heavy atom. The minimum absolute atomic E-state index is 0.0344. The van der Waals surface area contributed by atoms with Crippen LogP contribution in [0.3, 0.4) is 0 Å². The summed E-state index contributed by atoms with van der Waals surface area (Å²) in [7, 11) is 0. The van der Waals surface area contributed by atoms with Crippen molar-refractivity contribution in [3.8, 4) is 0 Å². The van der Waals surface area contributed by atoms with Crippen LogP contribution in [0.25, 0.3) is 0 Å². The van der Waals surface area contributed by atoms with E-state index in [-0.39, 0.29) is 29.5 Å². The van der Waals surface area contributed by atoms with Gasteiger partial charge in [-0.05, 0) is 89.1 Å². The number of benzene rings is 1. The molecule has 2 heterocycles. The molecule has 35 heavy (non-hydrogen) atoms. The largest absolute Gasteiger partial charge is 0.369 e. The molecular formula is C27H35ClN4O3. The van der Waals surface area contributed by atoms with E-state index in [0.717, 1.165) is 61.2 Å². The van der Waals surface area contributed by atoms with E-state index in [2.05, 4.69) is 27.4 Å². The molecule has 3 N–H and O–H groups in total. The average Bonchev–Trinajstić information content (AvgIpc) is 3.16. The van der Waals surface area contributed by atoms with Crippen molar-refractivity contribution in [2.45, 2.75) is 84.3 Å². The Bertz CT molecular complexity index is 1200. The lowest BCUT2D eigenvalue weighted by Gasteiger charge is -2.43. The molecule has 1 saturated carbocycles. The molecule has 0 radical (unpaired) electrons. The summed E-state index contributed by atoms with van der Waals surface area (Å²) in [6.07, 6.45) is 5.46. The summed E-state index contributed by atoms with van der Waals surface area (Å²) in [5.74, 6) is -0.0853. The van der Waals surface area contributed by atoms with Gasteiger partial charge in [0.05, 0.1) is 0 Å². The topological polar surface area (TPSA) is 94.3 Å². The van der Waals surface area contributed by atoms with Gasteiger partial charge in [-0.25, -0.2) is 0 Å². The average molecular weight is 499 g/mol. The monoisotopic (exact) mass is 498 g/mol. The molecule has 2 aromatic rings. The first-order valence-electron chi connectivity index (χ1n) is 12.5. The molecule has 0 atom stereocenters. The van der Waals surface area contributed by atoms with Gasteiger partial charge < -0.3 is 20.5 Å². The predicted octanol–water partition coefficient (Wildman–Crippen LogP) is 4.30. The van der Waals surface area contributed by atoms with Crippen LogP contribution < -0.4 is 21.1 Å². The zero-order chi connectivity index (χ0) is 25.3. The third-order valence-electron chi connectivity index (χ3n) is 7.75. The molecule has 0 unspecified atom stereocenters. The maximum atomic E-state index is 13.2. The van der Waals surface area contributed by atoms with Crippen molar-refractivity contribution in [2.75, 3.05) is 11.4 Å². The van der Waals surface area contributed by atoms with Crippen LogP contribution in [0.15, 0.2) is 23.0 Å². The van der Waals surface area contributed by atoms with Crippen molar-refractivity contribution < 1.29 is 9.59 Å². The zero-order valence-corrected chi connectivity index (χ0v) is 21.8. The first-order valence-corrected chi connectivity index (χ1v) is 12.9. The molecule has 7 nitrogen and oxygen atoms in total. The van der Waals surface area contributed by atoms with Crippen LogP contribution in [-0.2, 0) is 11.3 Å². The molecule has 2 aliphatic rings. The van der Waals surface area contributed by atoms with Crippen LogP contribution in [0.1, 0.15) is 78.2 Å². The van der Waals surface area contributed by atoms with E-state index in [1.807, 2.05) is 32.9 Å². The van der Waals surface area contributed by atoms with Gasteiger partial charge in [0.15, 0.2) is 0 Å². The maximum Gasteiger partial charge on any atom is 0.253 e. The summed E-state index contributed by atoms with van der Waals surface area (Å²) in [4.78, 5) is 42.5. The summed E-state index contributed by atoms with van der Waals surface area (Å²) in [5.41, 5.74) is 4.33. The fraction of sp³-hybridized carbons (Fsp3) is 0.519. The van der Waals surface area contributed by atoms with E-state index in [0.29, 0.717) is 28.6 Å². The Morgan fingerprint density at radius 2 is 1.86 bits per heavy atom. The normalized spacial score (nSPS) is 21.7. The van der Waals surface area contributed by atoms with Crippen LogP contribution >= 0.6 is 11.6 Å². The van der Waals surface area contributed by atoms with Crippen molar-refractivity contribution in [2.24, 2.45) is 0 Å². The molecule has 0 bridgehead atoms. The molecule has 2 amide bonds. The number of nitrogens with one attached hydrogen (secondary N) is 3. The van der Waals surface area contributed by atoms with Gasteiger partial charge in [0, 0.05) is 58.6 Å². The summed E-state index contributed by atoms with van der Waals surface area (Å²) in [6, 6.07) is 5.86. The van der Waals surface area contributed by atoms with E-state index in [1.165, 1.54) is 0 Å². The highest BCUT2D eigenvalue weighted by Crippen LogP contribution is 2.39. The Kier molecular flexibility index (Phi) is 7.27. The minimum atomic E-state index is -0.252. The Morgan fingerprint density at radius 3 is 2.46 bits per heavy atom. The number of carbonyl (C=O) groups is 2. The quantitative estimate of drug-likeness (QED) is 0.553.